The predicted octanol–water partition coefficient (Wildman–Crippen LogP) is 2.02. The number of hydrogen-bond donors (Lipinski definition) is 1. The van der Waals surface area contributed by atoms with Crippen molar-refractivity contribution in [1.82, 2.24) is 5.48 Å². The van der Waals surface area contributed by atoms with E-state index in [4.69, 9.17) is 4.84 Å². The lowest BCUT2D eigenvalue weighted by Crippen LogP contribution is -2.33. The van der Waals surface area contributed by atoms with E-state index in [0.29, 0.717) is 0 Å². The molecule has 1 amide bonds. The van der Waals surface area contributed by atoms with Crippen LogP contribution in [0.5, 0.6) is 0 Å². The highest BCUT2D eigenvalue weighted by molar-refractivity contribution is 5.77. The van der Waals surface area contributed by atoms with Crippen molar-refractivity contribution in [2.24, 2.45) is 5.92 Å². The summed E-state index contributed by atoms with van der Waals surface area (Å²) in [5, 5.41) is 0. The summed E-state index contributed by atoms with van der Waals surface area (Å²) in [5.41, 5.74) is 2.51. The lowest BCUT2D eigenvalue weighted by molar-refractivity contribution is -0.142. The lowest BCUT2D eigenvalue weighted by atomic mass is 9.89. The Hall–Kier alpha value is -0.570. The lowest BCUT2D eigenvalue weighted by Gasteiger charge is -2.20. The third kappa shape index (κ3) is 3.77. The summed E-state index contributed by atoms with van der Waals surface area (Å²) in [4.78, 5) is 16.5. The quantitative estimate of drug-likeness (QED) is 0.683. The fourth-order valence-corrected chi connectivity index (χ4v) is 1.62. The molecule has 1 N–H and O–H groups in total. The molecule has 3 nitrogen and oxygen atoms in total. The van der Waals surface area contributed by atoms with E-state index in [1.807, 2.05) is 13.8 Å². The van der Waals surface area contributed by atoms with Crippen molar-refractivity contribution in [3.05, 3.63) is 0 Å². The first-order valence-corrected chi connectivity index (χ1v) is 5.15. The normalized spacial score (nSPS) is 19.0. The van der Waals surface area contributed by atoms with Crippen LogP contribution in [0.1, 0.15) is 46.0 Å². The summed E-state index contributed by atoms with van der Waals surface area (Å²) in [6.07, 6.45) is 5.74. The molecule has 1 aliphatic carbocycles. The maximum absolute atomic E-state index is 11.5. The van der Waals surface area contributed by atoms with Crippen molar-refractivity contribution in [2.75, 3.05) is 0 Å². The van der Waals surface area contributed by atoms with Crippen molar-refractivity contribution in [1.29, 1.82) is 0 Å². The van der Waals surface area contributed by atoms with Gasteiger partial charge in [-0.15, -0.1) is 0 Å². The van der Waals surface area contributed by atoms with E-state index in [9.17, 15) is 4.79 Å². The molecule has 0 atom stereocenters. The van der Waals surface area contributed by atoms with Crippen LogP contribution >= 0.6 is 0 Å². The summed E-state index contributed by atoms with van der Waals surface area (Å²) in [6, 6.07) is 0. The molecule has 0 bridgehead atoms. The molecule has 0 aliphatic heterocycles. The van der Waals surface area contributed by atoms with Crippen molar-refractivity contribution in [2.45, 2.75) is 52.1 Å². The molecule has 0 aromatic rings. The largest absolute Gasteiger partial charge is 0.273 e. The van der Waals surface area contributed by atoms with Gasteiger partial charge in [-0.2, -0.15) is 0 Å². The molecular weight excluding hydrogens is 166 g/mol. The molecule has 1 rings (SSSR count). The monoisotopic (exact) mass is 185 g/mol. The van der Waals surface area contributed by atoms with Crippen molar-refractivity contribution in [3.63, 3.8) is 0 Å². The molecule has 0 aromatic heterocycles. The van der Waals surface area contributed by atoms with Crippen LogP contribution in [0.15, 0.2) is 0 Å². The summed E-state index contributed by atoms with van der Waals surface area (Å²) in [5.74, 6) is 0.251. The molecule has 3 heteroatoms. The van der Waals surface area contributed by atoms with Crippen LogP contribution in [0.25, 0.3) is 0 Å². The zero-order valence-electron chi connectivity index (χ0n) is 8.51. The second-order valence-corrected chi connectivity index (χ2v) is 3.97. The molecule has 0 unspecified atom stereocenters. The molecule has 1 fully saturated rings. The van der Waals surface area contributed by atoms with Crippen molar-refractivity contribution in [3.8, 4) is 0 Å². The Morgan fingerprint density at radius 3 is 2.46 bits per heavy atom. The van der Waals surface area contributed by atoms with Crippen LogP contribution in [0.4, 0.5) is 0 Å². The van der Waals surface area contributed by atoms with Gasteiger partial charge in [0.05, 0.1) is 6.10 Å². The van der Waals surface area contributed by atoms with Gasteiger partial charge in [0.15, 0.2) is 0 Å². The van der Waals surface area contributed by atoms with Gasteiger partial charge < -0.3 is 0 Å². The molecule has 76 valence electrons. The Kier molecular flexibility index (Phi) is 4.22. The highest BCUT2D eigenvalue weighted by Gasteiger charge is 2.21. The van der Waals surface area contributed by atoms with E-state index in [1.54, 1.807) is 0 Å². The standard InChI is InChI=1S/C10H19NO2/c1-8(2)13-11-10(12)9-6-4-3-5-7-9/h8-9H,3-7H2,1-2H3,(H,11,12). The molecule has 0 saturated heterocycles. The van der Waals surface area contributed by atoms with E-state index >= 15 is 0 Å². The Bertz CT molecular complexity index is 162. The van der Waals surface area contributed by atoms with Crippen LogP contribution in [-0.4, -0.2) is 12.0 Å². The van der Waals surface area contributed by atoms with E-state index in [-0.39, 0.29) is 17.9 Å². The number of hydroxylamine groups is 1. The van der Waals surface area contributed by atoms with Crippen LogP contribution in [0, 0.1) is 5.92 Å². The zero-order chi connectivity index (χ0) is 9.68. The minimum atomic E-state index is 0.0625. The van der Waals surface area contributed by atoms with Crippen LogP contribution in [0.2, 0.25) is 0 Å². The molecule has 0 heterocycles. The molecule has 0 spiro atoms. The first-order chi connectivity index (χ1) is 6.20. The molecule has 0 aromatic carbocycles. The third-order valence-electron chi connectivity index (χ3n) is 2.37. The Morgan fingerprint density at radius 1 is 1.31 bits per heavy atom. The van der Waals surface area contributed by atoms with Gasteiger partial charge in [0.2, 0.25) is 5.91 Å². The zero-order valence-corrected chi connectivity index (χ0v) is 8.51. The third-order valence-corrected chi connectivity index (χ3v) is 2.37. The fourth-order valence-electron chi connectivity index (χ4n) is 1.62. The minimum Gasteiger partial charge on any atom is -0.273 e. The van der Waals surface area contributed by atoms with E-state index in [1.165, 1.54) is 19.3 Å². The molecule has 0 radical (unpaired) electrons. The van der Waals surface area contributed by atoms with Crippen LogP contribution in [-0.2, 0) is 9.63 Å². The Balaban J connectivity index is 2.21. The predicted molar refractivity (Wildman–Crippen MR) is 50.9 cm³/mol. The maximum Gasteiger partial charge on any atom is 0.246 e. The number of carbonyl (C=O) groups excluding carboxylic acids is 1. The molecular formula is C10H19NO2. The molecule has 13 heavy (non-hydrogen) atoms. The number of rotatable bonds is 3. The first kappa shape index (κ1) is 10.5. The number of hydrogen-bond acceptors (Lipinski definition) is 2. The van der Waals surface area contributed by atoms with Gasteiger partial charge in [0.25, 0.3) is 0 Å². The average Bonchev–Trinajstić information content (AvgIpc) is 2.15. The summed E-state index contributed by atoms with van der Waals surface area (Å²) < 4.78 is 0. The fraction of sp³-hybridized carbons (Fsp3) is 0.900. The van der Waals surface area contributed by atoms with Gasteiger partial charge in [-0.3, -0.25) is 9.63 Å². The van der Waals surface area contributed by atoms with Crippen molar-refractivity contribution < 1.29 is 9.63 Å². The highest BCUT2D eigenvalue weighted by atomic mass is 16.7. The first-order valence-electron chi connectivity index (χ1n) is 5.15. The number of carbonyl (C=O) groups is 1. The topological polar surface area (TPSA) is 38.3 Å². The summed E-state index contributed by atoms with van der Waals surface area (Å²) in [7, 11) is 0. The summed E-state index contributed by atoms with van der Waals surface area (Å²) >= 11 is 0. The number of amides is 1. The molecule has 1 saturated carbocycles. The second-order valence-electron chi connectivity index (χ2n) is 3.97. The van der Waals surface area contributed by atoms with Gasteiger partial charge in [0.1, 0.15) is 0 Å². The van der Waals surface area contributed by atoms with E-state index < -0.39 is 0 Å². The summed E-state index contributed by atoms with van der Waals surface area (Å²) in [6.45, 7) is 3.81. The SMILES string of the molecule is CC(C)ONC(=O)C1CCCCC1. The van der Waals surface area contributed by atoms with Gasteiger partial charge in [-0.05, 0) is 26.7 Å². The number of nitrogens with one attached hydrogen (secondary N) is 1. The average molecular weight is 185 g/mol. The highest BCUT2D eigenvalue weighted by Crippen LogP contribution is 2.23. The van der Waals surface area contributed by atoms with Crippen LogP contribution < -0.4 is 5.48 Å². The van der Waals surface area contributed by atoms with Gasteiger partial charge in [0, 0.05) is 5.92 Å². The van der Waals surface area contributed by atoms with Crippen molar-refractivity contribution >= 4 is 5.91 Å². The minimum absolute atomic E-state index is 0.0625. The Labute approximate surface area is 79.8 Å². The smallest absolute Gasteiger partial charge is 0.246 e. The molecule has 1 aliphatic rings. The maximum atomic E-state index is 11.5. The second kappa shape index (κ2) is 5.22. The van der Waals surface area contributed by atoms with Crippen LogP contribution in [0.3, 0.4) is 0 Å². The van der Waals surface area contributed by atoms with E-state index in [2.05, 4.69) is 5.48 Å². The van der Waals surface area contributed by atoms with Gasteiger partial charge in [-0.1, -0.05) is 19.3 Å². The van der Waals surface area contributed by atoms with Gasteiger partial charge >= 0.3 is 0 Å². The van der Waals surface area contributed by atoms with Gasteiger partial charge in [-0.25, -0.2) is 5.48 Å². The Morgan fingerprint density at radius 2 is 1.92 bits per heavy atom. The van der Waals surface area contributed by atoms with E-state index in [0.717, 1.165) is 12.8 Å².